The SMILES string of the molecule is CCCCCC=CCC=CCCCCCCCCC1(CCCCCCCC=CCC=CCCCCC)OCC(CN(C)C)O1. The summed E-state index contributed by atoms with van der Waals surface area (Å²) in [5, 5.41) is 0. The molecule has 2 unspecified atom stereocenters. The van der Waals surface area contributed by atoms with E-state index in [4.69, 9.17) is 9.47 Å². The molecule has 0 aromatic heterocycles. The Hall–Kier alpha value is -1.16. The second-order valence-electron chi connectivity index (χ2n) is 13.5. The van der Waals surface area contributed by atoms with Crippen molar-refractivity contribution in [2.45, 2.75) is 186 Å². The highest BCUT2D eigenvalue weighted by molar-refractivity contribution is 4.93. The summed E-state index contributed by atoms with van der Waals surface area (Å²) in [6.45, 7) is 6.24. The summed E-state index contributed by atoms with van der Waals surface area (Å²) >= 11 is 0. The average Bonchev–Trinajstić information content (AvgIpc) is 3.40. The molecule has 0 saturated carbocycles. The van der Waals surface area contributed by atoms with Gasteiger partial charge in [-0.05, 0) is 91.1 Å². The molecular weight excluding hydrogens is 538 g/mol. The lowest BCUT2D eigenvalue weighted by atomic mass is 9.98. The molecule has 0 spiro atoms. The van der Waals surface area contributed by atoms with Gasteiger partial charge in [-0.15, -0.1) is 0 Å². The van der Waals surface area contributed by atoms with E-state index in [0.29, 0.717) is 0 Å². The second kappa shape index (κ2) is 30.5. The maximum absolute atomic E-state index is 6.61. The second-order valence-corrected chi connectivity index (χ2v) is 13.5. The summed E-state index contributed by atoms with van der Waals surface area (Å²) in [4.78, 5) is 2.23. The summed E-state index contributed by atoms with van der Waals surface area (Å²) in [6.07, 6.45) is 50.7. The minimum Gasteiger partial charge on any atom is -0.347 e. The fraction of sp³-hybridized carbons (Fsp3) is 0.805. The van der Waals surface area contributed by atoms with Gasteiger partial charge in [0.05, 0.1) is 12.7 Å². The van der Waals surface area contributed by atoms with Crippen molar-refractivity contribution in [2.24, 2.45) is 0 Å². The normalized spacial score (nSPS) is 19.3. The van der Waals surface area contributed by atoms with Gasteiger partial charge in [0.2, 0.25) is 0 Å². The van der Waals surface area contributed by atoms with Gasteiger partial charge in [-0.1, -0.05) is 133 Å². The summed E-state index contributed by atoms with van der Waals surface area (Å²) < 4.78 is 13.0. The van der Waals surface area contributed by atoms with Crippen LogP contribution in [-0.2, 0) is 9.47 Å². The molecule has 3 nitrogen and oxygen atoms in total. The molecule has 0 amide bonds. The molecule has 1 rings (SSSR count). The van der Waals surface area contributed by atoms with Crippen LogP contribution in [0.2, 0.25) is 0 Å². The van der Waals surface area contributed by atoms with Crippen molar-refractivity contribution in [1.29, 1.82) is 0 Å². The first kappa shape index (κ1) is 40.9. The first-order valence-corrected chi connectivity index (χ1v) is 19.2. The van der Waals surface area contributed by atoms with Crippen molar-refractivity contribution in [3.63, 3.8) is 0 Å². The van der Waals surface area contributed by atoms with Crippen LogP contribution in [0.3, 0.4) is 0 Å². The summed E-state index contributed by atoms with van der Waals surface area (Å²) in [7, 11) is 4.26. The van der Waals surface area contributed by atoms with E-state index >= 15 is 0 Å². The average molecular weight is 614 g/mol. The third kappa shape index (κ3) is 25.1. The van der Waals surface area contributed by atoms with E-state index in [9.17, 15) is 0 Å². The molecule has 1 saturated heterocycles. The quantitative estimate of drug-likeness (QED) is 0.0573. The van der Waals surface area contributed by atoms with Gasteiger partial charge in [-0.2, -0.15) is 0 Å². The van der Waals surface area contributed by atoms with Crippen molar-refractivity contribution >= 4 is 0 Å². The molecule has 256 valence electrons. The van der Waals surface area contributed by atoms with Gasteiger partial charge in [-0.25, -0.2) is 0 Å². The van der Waals surface area contributed by atoms with E-state index < -0.39 is 0 Å². The number of ether oxygens (including phenoxy) is 2. The molecule has 0 aromatic rings. The van der Waals surface area contributed by atoms with Crippen molar-refractivity contribution in [2.75, 3.05) is 27.2 Å². The van der Waals surface area contributed by atoms with Crippen LogP contribution in [-0.4, -0.2) is 44.0 Å². The minimum absolute atomic E-state index is 0.215. The fourth-order valence-electron chi connectivity index (χ4n) is 6.09. The molecule has 0 aromatic carbocycles. The lowest BCUT2D eigenvalue weighted by Gasteiger charge is -2.29. The number of rotatable bonds is 31. The number of nitrogens with zero attached hydrogens (tertiary/aromatic N) is 1. The van der Waals surface area contributed by atoms with Crippen LogP contribution in [0, 0.1) is 0 Å². The van der Waals surface area contributed by atoms with Gasteiger partial charge in [-0.3, -0.25) is 0 Å². The van der Waals surface area contributed by atoms with E-state index in [0.717, 1.165) is 38.8 Å². The third-order valence-corrected chi connectivity index (χ3v) is 8.75. The molecule has 0 N–H and O–H groups in total. The highest BCUT2D eigenvalue weighted by Crippen LogP contribution is 2.35. The number of unbranched alkanes of at least 4 members (excludes halogenated alkanes) is 17. The molecule has 1 aliphatic heterocycles. The maximum atomic E-state index is 6.61. The predicted molar refractivity (Wildman–Crippen MR) is 195 cm³/mol. The Labute approximate surface area is 276 Å². The topological polar surface area (TPSA) is 21.7 Å². The van der Waals surface area contributed by atoms with Gasteiger partial charge < -0.3 is 14.4 Å². The van der Waals surface area contributed by atoms with Gasteiger partial charge >= 0.3 is 0 Å². The van der Waals surface area contributed by atoms with Crippen molar-refractivity contribution in [1.82, 2.24) is 4.90 Å². The molecule has 0 aliphatic carbocycles. The number of hydrogen-bond acceptors (Lipinski definition) is 3. The number of likely N-dealkylation sites (N-methyl/N-ethyl adjacent to an activating group) is 1. The van der Waals surface area contributed by atoms with Crippen molar-refractivity contribution in [3.05, 3.63) is 48.6 Å². The Morgan fingerprint density at radius 2 is 0.909 bits per heavy atom. The van der Waals surface area contributed by atoms with Gasteiger partial charge in [0.1, 0.15) is 0 Å². The van der Waals surface area contributed by atoms with Crippen LogP contribution >= 0.6 is 0 Å². The molecule has 1 fully saturated rings. The monoisotopic (exact) mass is 614 g/mol. The molecular formula is C41H75NO2. The number of allylic oxidation sites excluding steroid dienone is 8. The Morgan fingerprint density at radius 3 is 1.32 bits per heavy atom. The lowest BCUT2D eigenvalue weighted by molar-refractivity contribution is -0.180. The van der Waals surface area contributed by atoms with E-state index in [1.807, 2.05) is 0 Å². The minimum atomic E-state index is -0.331. The fourth-order valence-corrected chi connectivity index (χ4v) is 6.09. The van der Waals surface area contributed by atoms with Crippen molar-refractivity contribution in [3.8, 4) is 0 Å². The van der Waals surface area contributed by atoms with Crippen LogP contribution < -0.4 is 0 Å². The zero-order valence-corrected chi connectivity index (χ0v) is 30.1. The third-order valence-electron chi connectivity index (χ3n) is 8.75. The van der Waals surface area contributed by atoms with Crippen LogP contribution in [0.5, 0.6) is 0 Å². The Morgan fingerprint density at radius 1 is 0.523 bits per heavy atom. The first-order valence-electron chi connectivity index (χ1n) is 19.2. The zero-order valence-electron chi connectivity index (χ0n) is 30.1. The maximum Gasteiger partial charge on any atom is 0.168 e. The van der Waals surface area contributed by atoms with Gasteiger partial charge in [0.15, 0.2) is 5.79 Å². The standard InChI is InChI=1S/C41H75NO2/c1-5-7-9-11-13-15-17-19-21-23-25-27-29-31-33-35-37-41(43-39-40(44-41)38-42(3)4)36-34-32-30-28-26-24-22-20-18-16-14-12-10-8-6-2/h13-16,19-22,40H,5-12,17-18,23-39H2,1-4H3. The van der Waals surface area contributed by atoms with E-state index in [1.54, 1.807) is 0 Å². The highest BCUT2D eigenvalue weighted by Gasteiger charge is 2.40. The van der Waals surface area contributed by atoms with Gasteiger partial charge in [0, 0.05) is 19.4 Å². The Kier molecular flexibility index (Phi) is 28.3. The smallest absolute Gasteiger partial charge is 0.168 e. The largest absolute Gasteiger partial charge is 0.347 e. The van der Waals surface area contributed by atoms with E-state index in [-0.39, 0.29) is 11.9 Å². The Bertz CT molecular complexity index is 724. The lowest BCUT2D eigenvalue weighted by Crippen LogP contribution is -2.33. The molecule has 1 aliphatic rings. The molecule has 0 bridgehead atoms. The zero-order chi connectivity index (χ0) is 31.8. The predicted octanol–water partition coefficient (Wildman–Crippen LogP) is 12.7. The molecule has 1 heterocycles. The Balaban J connectivity index is 2.14. The summed E-state index contributed by atoms with van der Waals surface area (Å²) in [5.74, 6) is -0.331. The van der Waals surface area contributed by atoms with Crippen LogP contribution in [0.1, 0.15) is 174 Å². The molecule has 44 heavy (non-hydrogen) atoms. The van der Waals surface area contributed by atoms with Crippen LogP contribution in [0.4, 0.5) is 0 Å². The molecule has 3 heteroatoms. The molecule has 0 radical (unpaired) electrons. The highest BCUT2D eigenvalue weighted by atomic mass is 16.7. The van der Waals surface area contributed by atoms with E-state index in [2.05, 4.69) is 81.5 Å². The summed E-state index contributed by atoms with van der Waals surface area (Å²) in [5.41, 5.74) is 0. The first-order chi connectivity index (χ1) is 21.6. The van der Waals surface area contributed by atoms with Gasteiger partial charge in [0.25, 0.3) is 0 Å². The van der Waals surface area contributed by atoms with Crippen LogP contribution in [0.25, 0.3) is 0 Å². The summed E-state index contributed by atoms with van der Waals surface area (Å²) in [6, 6.07) is 0. The number of hydrogen-bond donors (Lipinski definition) is 0. The molecule has 2 atom stereocenters. The van der Waals surface area contributed by atoms with Crippen molar-refractivity contribution < 1.29 is 9.47 Å². The van der Waals surface area contributed by atoms with Crippen LogP contribution in [0.15, 0.2) is 48.6 Å². The van der Waals surface area contributed by atoms with E-state index in [1.165, 1.54) is 135 Å².